The Morgan fingerprint density at radius 3 is 1.41 bits per heavy atom. The first kappa shape index (κ1) is 48.9. The van der Waals surface area contributed by atoms with Crippen LogP contribution in [0.3, 0.4) is 0 Å². The molecule has 8 aromatic rings. The standard InChI is InChI=1S/C29H24N4O.C16H14N2O2.C13H10N2/c1-20-26(17-32-21(2)29(20)34-19-23-6-12-27(31-3)13-7-23)18-33-28-14-10-25(11-15-28)24-8-4-22(16-30)5-9-24;1-11-14(9-19)8-18-12(2)16(11)20-10-13-4-6-15(17-3)7-5-13;14-9-10-1-3-11(4-2-10)12-5-7-13(15)8-6-12/h4-15,17,33H,18-19H2,1-2H3;4-9H,10H2,1-2H3;1-8H,15H2. The van der Waals surface area contributed by atoms with Crippen molar-refractivity contribution in [3.63, 3.8) is 0 Å². The van der Waals surface area contributed by atoms with Gasteiger partial charge >= 0.3 is 0 Å². The molecule has 0 saturated heterocycles. The van der Waals surface area contributed by atoms with Crippen LogP contribution in [-0.4, -0.2) is 16.3 Å². The molecule has 0 aliphatic carbocycles. The Bertz CT molecular complexity index is 3180. The predicted molar refractivity (Wildman–Crippen MR) is 272 cm³/mol. The van der Waals surface area contributed by atoms with Crippen molar-refractivity contribution in [2.75, 3.05) is 11.1 Å². The summed E-state index contributed by atoms with van der Waals surface area (Å²) in [5.41, 5.74) is 21.4. The third kappa shape index (κ3) is 13.5. The second-order valence-corrected chi connectivity index (χ2v) is 15.8. The number of ether oxygens (including phenoxy) is 2. The van der Waals surface area contributed by atoms with Crippen LogP contribution in [0.25, 0.3) is 31.9 Å². The monoisotopic (exact) mass is 904 g/mol. The van der Waals surface area contributed by atoms with E-state index in [1.165, 1.54) is 0 Å². The fourth-order valence-electron chi connectivity index (χ4n) is 6.97. The van der Waals surface area contributed by atoms with Crippen LogP contribution in [0.4, 0.5) is 22.7 Å². The second-order valence-electron chi connectivity index (χ2n) is 15.8. The molecule has 0 aliphatic rings. The highest BCUT2D eigenvalue weighted by molar-refractivity contribution is 5.78. The van der Waals surface area contributed by atoms with Gasteiger partial charge in [0.15, 0.2) is 17.7 Å². The molecule has 0 atom stereocenters. The van der Waals surface area contributed by atoms with Crippen molar-refractivity contribution >= 4 is 29.0 Å². The lowest BCUT2D eigenvalue weighted by Crippen LogP contribution is -2.06. The number of hydrogen-bond donors (Lipinski definition) is 2. The summed E-state index contributed by atoms with van der Waals surface area (Å²) in [6, 6.07) is 49.9. The number of nitrogens with two attached hydrogens (primary N) is 1. The number of benzene rings is 6. The quantitative estimate of drug-likeness (QED) is 0.0692. The minimum absolute atomic E-state index is 0.379. The maximum atomic E-state index is 10.9. The number of anilines is 2. The van der Waals surface area contributed by atoms with Crippen molar-refractivity contribution in [3.05, 3.63) is 237 Å². The molecule has 8 rings (SSSR count). The van der Waals surface area contributed by atoms with Gasteiger partial charge in [0.1, 0.15) is 24.7 Å². The molecule has 338 valence electrons. The van der Waals surface area contributed by atoms with Gasteiger partial charge in [0.05, 0.1) is 47.8 Å². The molecule has 0 spiro atoms. The molecule has 0 bridgehead atoms. The zero-order valence-electron chi connectivity index (χ0n) is 38.7. The highest BCUT2D eigenvalue weighted by Crippen LogP contribution is 2.29. The fourth-order valence-corrected chi connectivity index (χ4v) is 6.97. The Hall–Kier alpha value is -9.55. The highest BCUT2D eigenvalue weighted by atomic mass is 16.5. The number of aryl methyl sites for hydroxylation is 2. The lowest BCUT2D eigenvalue weighted by molar-refractivity contribution is 0.112. The summed E-state index contributed by atoms with van der Waals surface area (Å²) >= 11 is 0. The molecule has 0 saturated carbocycles. The van der Waals surface area contributed by atoms with E-state index in [1.807, 2.05) is 124 Å². The Morgan fingerprint density at radius 2 is 0.986 bits per heavy atom. The Kier molecular flexibility index (Phi) is 17.1. The first-order valence-electron chi connectivity index (χ1n) is 21.8. The summed E-state index contributed by atoms with van der Waals surface area (Å²) in [7, 11) is 0. The van der Waals surface area contributed by atoms with Crippen LogP contribution in [0.15, 0.2) is 158 Å². The van der Waals surface area contributed by atoms with Crippen molar-refractivity contribution < 1.29 is 14.3 Å². The summed E-state index contributed by atoms with van der Waals surface area (Å²) in [6.07, 6.45) is 4.22. The molecule has 2 aromatic heterocycles. The van der Waals surface area contributed by atoms with Gasteiger partial charge in [-0.05, 0) is 121 Å². The van der Waals surface area contributed by atoms with Crippen molar-refractivity contribution in [1.82, 2.24) is 9.97 Å². The average Bonchev–Trinajstić information content (AvgIpc) is 3.39. The van der Waals surface area contributed by atoms with Crippen molar-refractivity contribution in [3.8, 4) is 45.9 Å². The fraction of sp³-hybridized carbons (Fsp3) is 0.121. The van der Waals surface area contributed by atoms with Crippen LogP contribution >= 0.6 is 0 Å². The smallest absolute Gasteiger partial charge is 0.187 e. The predicted octanol–water partition coefficient (Wildman–Crippen LogP) is 13.4. The SMILES string of the molecule is N#Cc1ccc(-c2ccc(N)cc2)cc1.[C-]#[N+]c1ccc(COc2c(C)ncc(C=O)c2C)cc1.[C-]#[N+]c1ccc(COc2c(C)ncc(CNc3ccc(-c4ccc(C#N)cc4)cc3)c2C)cc1. The molecule has 6 aromatic carbocycles. The summed E-state index contributed by atoms with van der Waals surface area (Å²) in [5.74, 6) is 1.44. The summed E-state index contributed by atoms with van der Waals surface area (Å²) in [4.78, 5) is 26.4. The van der Waals surface area contributed by atoms with Crippen molar-refractivity contribution in [2.45, 2.75) is 47.5 Å². The number of aldehydes is 1. The van der Waals surface area contributed by atoms with Gasteiger partial charge < -0.3 is 20.5 Å². The number of carbonyl (C=O) groups excluding carboxylic acids is 1. The largest absolute Gasteiger partial charge is 0.487 e. The second kappa shape index (κ2) is 24.1. The van der Waals surface area contributed by atoms with Gasteiger partial charge in [-0.15, -0.1) is 0 Å². The van der Waals surface area contributed by atoms with Crippen LogP contribution in [0.1, 0.15) is 60.7 Å². The molecule has 3 N–H and O–H groups in total. The Morgan fingerprint density at radius 1 is 0.580 bits per heavy atom. The van der Waals surface area contributed by atoms with Crippen LogP contribution < -0.4 is 20.5 Å². The topological polar surface area (TPSA) is 156 Å². The summed E-state index contributed by atoms with van der Waals surface area (Å²) in [6.45, 7) is 23.1. The van der Waals surface area contributed by atoms with E-state index in [1.54, 1.807) is 30.5 Å². The number of nitriles is 2. The van der Waals surface area contributed by atoms with E-state index >= 15 is 0 Å². The number of nitrogens with zero attached hydrogens (tertiary/aromatic N) is 6. The van der Waals surface area contributed by atoms with Crippen molar-refractivity contribution in [2.24, 2.45) is 0 Å². The zero-order valence-corrected chi connectivity index (χ0v) is 38.7. The normalized spacial score (nSPS) is 9.97. The molecule has 69 heavy (non-hydrogen) atoms. The highest BCUT2D eigenvalue weighted by Gasteiger charge is 2.12. The lowest BCUT2D eigenvalue weighted by atomic mass is 10.0. The maximum absolute atomic E-state index is 10.9. The van der Waals surface area contributed by atoms with Crippen LogP contribution in [-0.2, 0) is 19.8 Å². The lowest BCUT2D eigenvalue weighted by Gasteiger charge is -2.16. The molecular formula is C58H48N8O3. The van der Waals surface area contributed by atoms with Crippen molar-refractivity contribution in [1.29, 1.82) is 10.5 Å². The molecule has 0 aliphatic heterocycles. The number of rotatable bonds is 12. The first-order chi connectivity index (χ1) is 33.5. The zero-order chi connectivity index (χ0) is 49.1. The molecule has 0 unspecified atom stereocenters. The van der Waals surface area contributed by atoms with Gasteiger partial charge in [0.25, 0.3) is 0 Å². The van der Waals surface area contributed by atoms with E-state index in [0.717, 1.165) is 84.9 Å². The van der Waals surface area contributed by atoms with Gasteiger partial charge in [-0.25, -0.2) is 9.69 Å². The molecule has 11 nitrogen and oxygen atoms in total. The molecule has 0 fully saturated rings. The van der Waals surface area contributed by atoms with E-state index in [-0.39, 0.29) is 0 Å². The van der Waals surface area contributed by atoms with Crippen LogP contribution in [0.5, 0.6) is 11.5 Å². The van der Waals surface area contributed by atoms with E-state index in [4.69, 9.17) is 38.9 Å². The maximum Gasteiger partial charge on any atom is 0.187 e. The van der Waals surface area contributed by atoms with Gasteiger partial charge in [-0.1, -0.05) is 97.1 Å². The molecule has 0 amide bonds. The molecular weight excluding hydrogens is 857 g/mol. The summed E-state index contributed by atoms with van der Waals surface area (Å²) < 4.78 is 11.9. The third-order valence-electron chi connectivity index (χ3n) is 11.1. The van der Waals surface area contributed by atoms with Gasteiger partial charge in [0, 0.05) is 41.4 Å². The van der Waals surface area contributed by atoms with Gasteiger partial charge in [0.2, 0.25) is 0 Å². The first-order valence-corrected chi connectivity index (χ1v) is 21.8. The molecule has 11 heteroatoms. The Balaban J connectivity index is 0.000000188. The number of aromatic nitrogens is 2. The van der Waals surface area contributed by atoms with Crippen LogP contribution in [0.2, 0.25) is 0 Å². The third-order valence-corrected chi connectivity index (χ3v) is 11.1. The number of carbonyl (C=O) groups is 1. The van der Waals surface area contributed by atoms with Crippen LogP contribution in [0, 0.1) is 63.5 Å². The number of hydrogen-bond acceptors (Lipinski definition) is 9. The Labute approximate surface area is 403 Å². The number of nitrogens with one attached hydrogen (secondary N) is 1. The average molecular weight is 905 g/mol. The van der Waals surface area contributed by atoms with E-state index in [0.29, 0.717) is 53.6 Å². The minimum Gasteiger partial charge on any atom is -0.487 e. The molecule has 0 radical (unpaired) electrons. The number of nitrogen functional groups attached to an aromatic ring is 1. The van der Waals surface area contributed by atoms with E-state index in [2.05, 4.69) is 68.3 Å². The van der Waals surface area contributed by atoms with Gasteiger partial charge in [-0.2, -0.15) is 10.5 Å². The summed E-state index contributed by atoms with van der Waals surface area (Å²) in [5, 5.41) is 21.1. The minimum atomic E-state index is 0.379. The molecule has 2 heterocycles. The van der Waals surface area contributed by atoms with Gasteiger partial charge in [-0.3, -0.25) is 14.8 Å². The number of pyridine rings is 2. The van der Waals surface area contributed by atoms with E-state index in [9.17, 15) is 4.79 Å². The van der Waals surface area contributed by atoms with E-state index < -0.39 is 0 Å².